The molecule has 0 aromatic heterocycles. The second-order valence-corrected chi connectivity index (χ2v) is 22.5. The Morgan fingerprint density at radius 3 is 1.73 bits per heavy atom. The number of hydrogen-bond donors (Lipinski definition) is 1. The van der Waals surface area contributed by atoms with Crippen molar-refractivity contribution in [1.82, 2.24) is 0 Å². The van der Waals surface area contributed by atoms with Crippen molar-refractivity contribution in [3.63, 3.8) is 0 Å². The van der Waals surface area contributed by atoms with Crippen LogP contribution in [0.2, 0.25) is 13.3 Å². The van der Waals surface area contributed by atoms with E-state index in [1.54, 1.807) is 3.59 Å². The fourth-order valence-corrected chi connectivity index (χ4v) is 23.6. The maximum absolute atomic E-state index is 11.1. The van der Waals surface area contributed by atoms with Crippen LogP contribution in [-0.2, 0) is 0 Å². The summed E-state index contributed by atoms with van der Waals surface area (Å²) >= 11 is -2.40. The molecule has 0 aliphatic heterocycles. The van der Waals surface area contributed by atoms with Crippen LogP contribution < -0.4 is 0 Å². The summed E-state index contributed by atoms with van der Waals surface area (Å²) in [6.45, 7) is 11.9. The summed E-state index contributed by atoms with van der Waals surface area (Å²) in [6, 6.07) is 0. The standard InChI is InChI=1S/C12H21O.3C4H9.Sn/c1-10(2)8-9-12(13)11-6-4-3-5-7-11;3*1-3-4-2;/h9-13H,3-7H2,1-2H3;3*1,3-4H2,2H3;. The van der Waals surface area contributed by atoms with E-state index >= 15 is 0 Å². The normalized spacial score (nSPS) is 18.5. The molecule has 0 heterocycles. The van der Waals surface area contributed by atoms with Crippen LogP contribution in [0.15, 0.2) is 9.67 Å². The molecule has 26 heavy (non-hydrogen) atoms. The van der Waals surface area contributed by atoms with Gasteiger partial charge in [-0.15, -0.1) is 0 Å². The van der Waals surface area contributed by atoms with Crippen molar-refractivity contribution in [3.05, 3.63) is 9.67 Å². The Kier molecular flexibility index (Phi) is 12.9. The molecule has 1 fully saturated rings. The molecule has 1 rings (SSSR count). The third kappa shape index (κ3) is 7.86. The van der Waals surface area contributed by atoms with Crippen molar-refractivity contribution in [2.75, 3.05) is 0 Å². The summed E-state index contributed by atoms with van der Waals surface area (Å²) in [7, 11) is 0. The Morgan fingerprint density at radius 2 is 1.35 bits per heavy atom. The summed E-state index contributed by atoms with van der Waals surface area (Å²) in [5.74, 6) is 1.17. The maximum atomic E-state index is 11.1. The van der Waals surface area contributed by atoms with E-state index < -0.39 is 18.4 Å². The average Bonchev–Trinajstić information content (AvgIpc) is 2.66. The van der Waals surface area contributed by atoms with Crippen molar-refractivity contribution < 1.29 is 5.11 Å². The molecule has 0 saturated heterocycles. The van der Waals surface area contributed by atoms with Crippen molar-refractivity contribution in [3.8, 4) is 0 Å². The first kappa shape index (κ1) is 24.5. The molecule has 1 aliphatic rings. The van der Waals surface area contributed by atoms with Gasteiger partial charge in [0, 0.05) is 0 Å². The van der Waals surface area contributed by atoms with E-state index in [-0.39, 0.29) is 6.10 Å². The number of rotatable bonds is 13. The molecule has 0 radical (unpaired) electrons. The Bertz CT molecular complexity index is 360. The van der Waals surface area contributed by atoms with Gasteiger partial charge in [0.2, 0.25) is 0 Å². The van der Waals surface area contributed by atoms with E-state index in [1.165, 1.54) is 83.9 Å². The zero-order valence-electron chi connectivity index (χ0n) is 18.7. The minimum atomic E-state index is -2.40. The Labute approximate surface area is 169 Å². The molecule has 0 amide bonds. The van der Waals surface area contributed by atoms with Gasteiger partial charge in [0.15, 0.2) is 0 Å². The van der Waals surface area contributed by atoms with E-state index in [2.05, 4.69) is 40.7 Å². The molecular weight excluding hydrogens is 423 g/mol. The first-order valence-corrected chi connectivity index (χ1v) is 19.4. The van der Waals surface area contributed by atoms with Crippen molar-refractivity contribution in [1.29, 1.82) is 0 Å². The zero-order chi connectivity index (χ0) is 19.4. The Hall–Kier alpha value is 0.499. The van der Waals surface area contributed by atoms with Crippen LogP contribution in [0.25, 0.3) is 0 Å². The van der Waals surface area contributed by atoms with Crippen LogP contribution in [0, 0.1) is 11.8 Å². The number of aliphatic hydroxyl groups is 1. The molecule has 0 bridgehead atoms. The number of unbranched alkanes of at least 4 members (excludes halogenated alkanes) is 3. The molecule has 1 unspecified atom stereocenters. The van der Waals surface area contributed by atoms with E-state index in [1.807, 2.05) is 0 Å². The predicted octanol–water partition coefficient (Wildman–Crippen LogP) is 7.90. The van der Waals surface area contributed by atoms with Crippen molar-refractivity contribution >= 4 is 18.4 Å². The summed E-state index contributed by atoms with van der Waals surface area (Å²) in [4.78, 5) is 0. The summed E-state index contributed by atoms with van der Waals surface area (Å²) < 4.78 is 6.36. The second-order valence-electron chi connectivity index (χ2n) is 9.26. The van der Waals surface area contributed by atoms with Gasteiger partial charge in [-0.05, 0) is 0 Å². The molecule has 2 heteroatoms. The first-order chi connectivity index (χ1) is 12.5. The number of hydrogen-bond acceptors (Lipinski definition) is 1. The molecule has 1 aliphatic carbocycles. The fourth-order valence-electron chi connectivity index (χ4n) is 5.13. The SMILES string of the molecule is CCC[CH2][Sn]([CH2]CCC)([CH2]CCC)/[C](=C/C(O)C1CCCCC1)C(C)C. The quantitative estimate of drug-likeness (QED) is 0.271. The van der Waals surface area contributed by atoms with Gasteiger partial charge in [-0.3, -0.25) is 0 Å². The average molecular weight is 471 g/mol. The van der Waals surface area contributed by atoms with Gasteiger partial charge in [0.25, 0.3) is 0 Å². The van der Waals surface area contributed by atoms with Crippen molar-refractivity contribution in [2.24, 2.45) is 11.8 Å². The van der Waals surface area contributed by atoms with Gasteiger partial charge in [-0.2, -0.15) is 0 Å². The summed E-state index contributed by atoms with van der Waals surface area (Å²) in [5.41, 5.74) is 0. The predicted molar refractivity (Wildman–Crippen MR) is 120 cm³/mol. The molecule has 154 valence electrons. The fraction of sp³-hybridized carbons (Fsp3) is 0.917. The van der Waals surface area contributed by atoms with Crippen LogP contribution in [0.5, 0.6) is 0 Å². The number of aliphatic hydroxyl groups excluding tert-OH is 1. The first-order valence-electron chi connectivity index (χ1n) is 11.9. The van der Waals surface area contributed by atoms with E-state index in [9.17, 15) is 5.11 Å². The monoisotopic (exact) mass is 472 g/mol. The van der Waals surface area contributed by atoms with Gasteiger partial charge in [0.05, 0.1) is 0 Å². The molecule has 1 nitrogen and oxygen atoms in total. The van der Waals surface area contributed by atoms with Gasteiger partial charge < -0.3 is 0 Å². The molecule has 0 aromatic rings. The molecule has 1 saturated carbocycles. The van der Waals surface area contributed by atoms with Crippen LogP contribution in [0.3, 0.4) is 0 Å². The van der Waals surface area contributed by atoms with E-state index in [4.69, 9.17) is 0 Å². The number of allylic oxidation sites excluding steroid dienone is 1. The third-order valence-corrected chi connectivity index (χ3v) is 23.6. The van der Waals surface area contributed by atoms with Gasteiger partial charge >= 0.3 is 170 Å². The molecular formula is C24H48OSn. The second kappa shape index (κ2) is 13.6. The van der Waals surface area contributed by atoms with Gasteiger partial charge in [-0.25, -0.2) is 0 Å². The van der Waals surface area contributed by atoms with Crippen molar-refractivity contribution in [2.45, 2.75) is 125 Å². The van der Waals surface area contributed by atoms with Crippen LogP contribution in [-0.4, -0.2) is 29.6 Å². The molecule has 0 spiro atoms. The van der Waals surface area contributed by atoms with Crippen LogP contribution >= 0.6 is 0 Å². The summed E-state index contributed by atoms with van der Waals surface area (Å²) in [6.07, 6.45) is 17.0. The van der Waals surface area contributed by atoms with Crippen LogP contribution in [0.4, 0.5) is 0 Å². The minimum absolute atomic E-state index is 0.173. The summed E-state index contributed by atoms with van der Waals surface area (Å²) in [5, 5.41) is 11.1. The molecule has 0 aromatic carbocycles. The van der Waals surface area contributed by atoms with E-state index in [0.717, 1.165) is 0 Å². The zero-order valence-corrected chi connectivity index (χ0v) is 21.5. The van der Waals surface area contributed by atoms with E-state index in [0.29, 0.717) is 11.8 Å². The third-order valence-electron chi connectivity index (χ3n) is 6.74. The van der Waals surface area contributed by atoms with Gasteiger partial charge in [-0.1, -0.05) is 0 Å². The Balaban J connectivity index is 3.14. The van der Waals surface area contributed by atoms with Crippen LogP contribution in [0.1, 0.15) is 105 Å². The van der Waals surface area contributed by atoms with Gasteiger partial charge in [0.1, 0.15) is 0 Å². The molecule has 1 N–H and O–H groups in total. The Morgan fingerprint density at radius 1 is 0.885 bits per heavy atom. The molecule has 1 atom stereocenters. The topological polar surface area (TPSA) is 20.2 Å².